The maximum absolute atomic E-state index is 2.71. The van der Waals surface area contributed by atoms with Crippen LogP contribution in [-0.4, -0.2) is 37.6 Å². The van der Waals surface area contributed by atoms with Crippen molar-refractivity contribution in [1.29, 1.82) is 0 Å². The summed E-state index contributed by atoms with van der Waals surface area (Å²) in [5.41, 5.74) is 7.63. The fourth-order valence-corrected chi connectivity index (χ4v) is 8.53. The Morgan fingerprint density at radius 1 is 0.806 bits per heavy atom. The summed E-state index contributed by atoms with van der Waals surface area (Å²) in [6.07, 6.45) is 10.2. The molecule has 1 heterocycles. The number of halogens is 1. The van der Waals surface area contributed by atoms with Crippen LogP contribution in [0.5, 0.6) is 0 Å². The third-order valence-electron chi connectivity index (χ3n) is 8.81. The predicted molar refractivity (Wildman–Crippen MR) is 162 cm³/mol. The minimum absolute atomic E-state index is 0. The standard InChI is InChI=1S/C33H54N2.ClH/c1-10-13-34-14-16-35(17-15-34)29-12-11-25(26-19-30(2,3)23-31(4,5)20-26)18-28(29)27-21-32(6,7)24-33(8,9)22-27;/h11-12,18-19,27H,10,13-17,20-24H2,1-9H3;1H. The van der Waals surface area contributed by atoms with Crippen LogP contribution in [0.15, 0.2) is 24.3 Å². The third kappa shape index (κ3) is 7.10. The molecule has 1 saturated heterocycles. The first kappa shape index (κ1) is 29.6. The molecule has 1 saturated carbocycles. The van der Waals surface area contributed by atoms with E-state index >= 15 is 0 Å². The van der Waals surface area contributed by atoms with Gasteiger partial charge < -0.3 is 4.90 Å². The number of anilines is 1. The lowest BCUT2D eigenvalue weighted by Crippen LogP contribution is -2.47. The summed E-state index contributed by atoms with van der Waals surface area (Å²) in [5, 5.41) is 0. The Bertz CT molecular complexity index is 915. The van der Waals surface area contributed by atoms with Gasteiger partial charge in [-0.3, -0.25) is 4.90 Å². The van der Waals surface area contributed by atoms with Gasteiger partial charge in [0.15, 0.2) is 0 Å². The van der Waals surface area contributed by atoms with Crippen LogP contribution in [0.1, 0.15) is 118 Å². The molecule has 0 spiro atoms. The van der Waals surface area contributed by atoms with E-state index in [1.54, 1.807) is 11.1 Å². The Kier molecular flexibility index (Phi) is 8.74. The summed E-state index contributed by atoms with van der Waals surface area (Å²) in [6.45, 7) is 28.0. The van der Waals surface area contributed by atoms with E-state index in [2.05, 4.69) is 96.4 Å². The Labute approximate surface area is 229 Å². The molecule has 2 fully saturated rings. The number of allylic oxidation sites excluding steroid dienone is 2. The lowest BCUT2D eigenvalue weighted by atomic mass is 9.60. The van der Waals surface area contributed by atoms with Gasteiger partial charge in [0.2, 0.25) is 0 Å². The molecule has 36 heavy (non-hydrogen) atoms. The maximum Gasteiger partial charge on any atom is 0.0402 e. The molecule has 3 aliphatic rings. The SMILES string of the molecule is CCCN1CCN(c2ccc(C3=CC(C)(C)CC(C)(C)C3)cc2C2CC(C)(C)CC(C)(C)C2)CC1.Cl. The van der Waals surface area contributed by atoms with Gasteiger partial charge >= 0.3 is 0 Å². The molecular formula is C33H55ClN2. The minimum Gasteiger partial charge on any atom is -0.369 e. The molecular weight excluding hydrogens is 460 g/mol. The van der Waals surface area contributed by atoms with E-state index < -0.39 is 0 Å². The van der Waals surface area contributed by atoms with Crippen LogP contribution in [0, 0.1) is 21.7 Å². The normalized spacial score (nSPS) is 25.7. The molecule has 0 N–H and O–H groups in total. The van der Waals surface area contributed by atoms with Crippen molar-refractivity contribution < 1.29 is 0 Å². The highest BCUT2D eigenvalue weighted by Gasteiger charge is 2.40. The first-order valence-electron chi connectivity index (χ1n) is 14.5. The van der Waals surface area contributed by atoms with Crippen molar-refractivity contribution in [1.82, 2.24) is 4.90 Å². The van der Waals surface area contributed by atoms with Crippen LogP contribution >= 0.6 is 12.4 Å². The Morgan fingerprint density at radius 2 is 1.42 bits per heavy atom. The highest BCUT2D eigenvalue weighted by molar-refractivity contribution is 5.85. The van der Waals surface area contributed by atoms with Gasteiger partial charge in [-0.2, -0.15) is 0 Å². The number of benzene rings is 1. The van der Waals surface area contributed by atoms with Crippen molar-refractivity contribution in [3.63, 3.8) is 0 Å². The molecule has 0 amide bonds. The van der Waals surface area contributed by atoms with Gasteiger partial charge in [-0.05, 0) is 101 Å². The molecule has 1 aromatic rings. The fourth-order valence-electron chi connectivity index (χ4n) is 8.53. The molecule has 0 unspecified atom stereocenters. The first-order chi connectivity index (χ1) is 16.2. The van der Waals surface area contributed by atoms with Gasteiger partial charge in [0, 0.05) is 31.9 Å². The van der Waals surface area contributed by atoms with E-state index in [-0.39, 0.29) is 17.8 Å². The number of piperazine rings is 1. The molecule has 0 radical (unpaired) electrons. The van der Waals surface area contributed by atoms with Crippen molar-refractivity contribution in [2.45, 2.75) is 107 Å². The summed E-state index contributed by atoms with van der Waals surface area (Å²) in [5.74, 6) is 0.641. The van der Waals surface area contributed by atoms with Crippen molar-refractivity contribution in [2.24, 2.45) is 21.7 Å². The molecule has 204 valence electrons. The lowest BCUT2D eigenvalue weighted by molar-refractivity contribution is 0.0969. The molecule has 0 bridgehead atoms. The Hall–Kier alpha value is -0.990. The second kappa shape index (κ2) is 10.6. The molecule has 4 rings (SSSR count). The van der Waals surface area contributed by atoms with Crippen LogP contribution in [0.2, 0.25) is 0 Å². The Balaban J connectivity index is 0.00000361. The van der Waals surface area contributed by atoms with Crippen LogP contribution in [0.4, 0.5) is 5.69 Å². The highest BCUT2D eigenvalue weighted by Crippen LogP contribution is 2.54. The van der Waals surface area contributed by atoms with E-state index in [0.29, 0.717) is 22.2 Å². The van der Waals surface area contributed by atoms with E-state index in [0.717, 1.165) is 13.1 Å². The summed E-state index contributed by atoms with van der Waals surface area (Å²) < 4.78 is 0. The zero-order valence-electron chi connectivity index (χ0n) is 25.0. The van der Waals surface area contributed by atoms with E-state index in [4.69, 9.17) is 0 Å². The van der Waals surface area contributed by atoms with Crippen molar-refractivity contribution >= 4 is 23.7 Å². The van der Waals surface area contributed by atoms with Crippen molar-refractivity contribution in [2.75, 3.05) is 37.6 Å². The largest absolute Gasteiger partial charge is 0.369 e. The smallest absolute Gasteiger partial charge is 0.0402 e. The number of hydrogen-bond donors (Lipinski definition) is 0. The number of rotatable bonds is 5. The summed E-state index contributed by atoms with van der Waals surface area (Å²) in [6, 6.07) is 7.60. The van der Waals surface area contributed by atoms with Crippen molar-refractivity contribution in [3.8, 4) is 0 Å². The zero-order chi connectivity index (χ0) is 25.6. The quantitative estimate of drug-likeness (QED) is 0.386. The van der Waals surface area contributed by atoms with Crippen molar-refractivity contribution in [3.05, 3.63) is 35.4 Å². The lowest BCUT2D eigenvalue weighted by Gasteiger charge is -2.46. The molecule has 2 nitrogen and oxygen atoms in total. The predicted octanol–water partition coefficient (Wildman–Crippen LogP) is 9.19. The second-order valence-electron chi connectivity index (χ2n) is 15.4. The molecule has 0 aromatic heterocycles. The first-order valence-corrected chi connectivity index (χ1v) is 14.5. The zero-order valence-corrected chi connectivity index (χ0v) is 25.8. The van der Waals surface area contributed by atoms with E-state index in [9.17, 15) is 0 Å². The van der Waals surface area contributed by atoms with E-state index in [1.165, 1.54) is 69.4 Å². The van der Waals surface area contributed by atoms with E-state index in [1.807, 2.05) is 0 Å². The molecule has 1 aliphatic heterocycles. The van der Waals surface area contributed by atoms with Crippen LogP contribution < -0.4 is 4.90 Å². The molecule has 0 atom stereocenters. The van der Waals surface area contributed by atoms with Gasteiger partial charge in [0.25, 0.3) is 0 Å². The fraction of sp³-hybridized carbons (Fsp3) is 0.758. The highest BCUT2D eigenvalue weighted by atomic mass is 35.5. The average Bonchev–Trinajstić information content (AvgIpc) is 2.70. The molecule has 1 aromatic carbocycles. The maximum atomic E-state index is 2.71. The van der Waals surface area contributed by atoms with Crippen LogP contribution in [-0.2, 0) is 0 Å². The summed E-state index contributed by atoms with van der Waals surface area (Å²) in [7, 11) is 0. The van der Waals surface area contributed by atoms with Gasteiger partial charge in [0.1, 0.15) is 0 Å². The van der Waals surface area contributed by atoms with Gasteiger partial charge in [-0.1, -0.05) is 74.5 Å². The number of nitrogens with zero attached hydrogens (tertiary/aromatic N) is 2. The third-order valence-corrected chi connectivity index (χ3v) is 8.81. The number of hydrogen-bond acceptors (Lipinski definition) is 2. The Morgan fingerprint density at radius 3 is 1.97 bits per heavy atom. The topological polar surface area (TPSA) is 6.48 Å². The van der Waals surface area contributed by atoms with Gasteiger partial charge in [-0.25, -0.2) is 0 Å². The average molecular weight is 515 g/mol. The summed E-state index contributed by atoms with van der Waals surface area (Å²) >= 11 is 0. The second-order valence-corrected chi connectivity index (χ2v) is 15.4. The van der Waals surface area contributed by atoms with Crippen LogP contribution in [0.25, 0.3) is 5.57 Å². The van der Waals surface area contributed by atoms with Gasteiger partial charge in [-0.15, -0.1) is 12.4 Å². The van der Waals surface area contributed by atoms with Crippen LogP contribution in [0.3, 0.4) is 0 Å². The minimum atomic E-state index is 0. The monoisotopic (exact) mass is 514 g/mol. The van der Waals surface area contributed by atoms with Gasteiger partial charge in [0.05, 0.1) is 0 Å². The molecule has 2 aliphatic carbocycles. The molecule has 3 heteroatoms. The summed E-state index contributed by atoms with van der Waals surface area (Å²) in [4.78, 5) is 5.36.